The molecule has 0 saturated heterocycles. The molecule has 0 spiro atoms. The maximum atomic E-state index is 12.5. The molecule has 1 saturated carbocycles. The number of aromatic nitrogens is 1. The van der Waals surface area contributed by atoms with Gasteiger partial charge in [0.05, 0.1) is 16.7 Å². The number of carbonyl (C=O) groups is 1. The number of nitriles is 1. The van der Waals surface area contributed by atoms with Crippen LogP contribution in [0.25, 0.3) is 0 Å². The molecule has 2 rings (SSSR count). The maximum absolute atomic E-state index is 12.5. The Morgan fingerprint density at radius 3 is 2.60 bits per heavy atom. The summed E-state index contributed by atoms with van der Waals surface area (Å²) in [6.07, 6.45) is 5.84. The number of halogens is 2. The summed E-state index contributed by atoms with van der Waals surface area (Å²) in [7, 11) is 1.67. The minimum atomic E-state index is -0.721. The third-order valence-electron chi connectivity index (χ3n) is 3.88. The molecule has 0 aromatic carbocycles. The van der Waals surface area contributed by atoms with Gasteiger partial charge in [-0.3, -0.25) is 4.79 Å². The fraction of sp³-hybridized carbons (Fsp3) is 0.500. The van der Waals surface area contributed by atoms with Crippen molar-refractivity contribution in [3.05, 3.63) is 28.0 Å². The molecule has 0 atom stereocenters. The quantitative estimate of drug-likeness (QED) is 0.783. The Balaban J connectivity index is 2.27. The first-order chi connectivity index (χ1) is 9.50. The highest BCUT2D eigenvalue weighted by Crippen LogP contribution is 2.33. The van der Waals surface area contributed by atoms with Crippen LogP contribution >= 0.6 is 23.2 Å². The van der Waals surface area contributed by atoms with Crippen molar-refractivity contribution in [2.75, 3.05) is 7.05 Å². The van der Waals surface area contributed by atoms with Crippen molar-refractivity contribution in [3.63, 3.8) is 0 Å². The molecule has 106 valence electrons. The molecular weight excluding hydrogens is 297 g/mol. The molecule has 1 aromatic heterocycles. The van der Waals surface area contributed by atoms with Crippen LogP contribution in [-0.2, 0) is 0 Å². The van der Waals surface area contributed by atoms with Crippen molar-refractivity contribution in [1.29, 1.82) is 5.26 Å². The molecule has 1 aromatic rings. The summed E-state index contributed by atoms with van der Waals surface area (Å²) in [5, 5.41) is 9.90. The summed E-state index contributed by atoms with van der Waals surface area (Å²) in [4.78, 5) is 17.9. The molecule has 4 nitrogen and oxygen atoms in total. The van der Waals surface area contributed by atoms with Crippen LogP contribution in [0.15, 0.2) is 12.3 Å². The van der Waals surface area contributed by atoms with E-state index in [4.69, 9.17) is 23.2 Å². The van der Waals surface area contributed by atoms with E-state index < -0.39 is 5.54 Å². The number of pyridine rings is 1. The third kappa shape index (κ3) is 2.74. The predicted molar refractivity (Wildman–Crippen MR) is 77.8 cm³/mol. The van der Waals surface area contributed by atoms with E-state index in [1.165, 1.54) is 17.2 Å². The first kappa shape index (κ1) is 15.1. The molecule has 1 amide bonds. The number of rotatable bonds is 2. The minimum Gasteiger partial charge on any atom is -0.323 e. The smallest absolute Gasteiger partial charge is 0.256 e. The summed E-state index contributed by atoms with van der Waals surface area (Å²) < 4.78 is 0. The number of amides is 1. The highest BCUT2D eigenvalue weighted by Gasteiger charge is 2.39. The SMILES string of the molecule is CN(C(=O)c1cnc(Cl)c(Cl)c1)C1(C#N)CCCCC1. The van der Waals surface area contributed by atoms with Gasteiger partial charge in [-0.1, -0.05) is 42.5 Å². The van der Waals surface area contributed by atoms with Gasteiger partial charge in [0.2, 0.25) is 0 Å². The molecule has 0 aliphatic heterocycles. The van der Waals surface area contributed by atoms with Crippen LogP contribution < -0.4 is 0 Å². The predicted octanol–water partition coefficient (Wildman–Crippen LogP) is 3.69. The monoisotopic (exact) mass is 311 g/mol. The Labute approximate surface area is 128 Å². The Bertz CT molecular complexity index is 562. The lowest BCUT2D eigenvalue weighted by Gasteiger charge is -2.39. The zero-order valence-corrected chi connectivity index (χ0v) is 12.7. The summed E-state index contributed by atoms with van der Waals surface area (Å²) in [6.45, 7) is 0. The highest BCUT2D eigenvalue weighted by molar-refractivity contribution is 6.41. The minimum absolute atomic E-state index is 0.165. The summed E-state index contributed by atoms with van der Waals surface area (Å²) >= 11 is 11.6. The van der Waals surface area contributed by atoms with Crippen LogP contribution in [0.3, 0.4) is 0 Å². The van der Waals surface area contributed by atoms with Crippen molar-refractivity contribution in [2.24, 2.45) is 0 Å². The molecule has 0 unspecified atom stereocenters. The van der Waals surface area contributed by atoms with E-state index in [9.17, 15) is 10.1 Å². The first-order valence-electron chi connectivity index (χ1n) is 6.51. The molecule has 1 aliphatic rings. The van der Waals surface area contributed by atoms with E-state index in [1.54, 1.807) is 7.05 Å². The van der Waals surface area contributed by atoms with Gasteiger partial charge in [0.1, 0.15) is 10.7 Å². The van der Waals surface area contributed by atoms with E-state index in [0.29, 0.717) is 18.4 Å². The summed E-state index contributed by atoms with van der Waals surface area (Å²) in [5.74, 6) is -0.250. The van der Waals surface area contributed by atoms with Gasteiger partial charge in [0.15, 0.2) is 0 Å². The average molecular weight is 312 g/mol. The topological polar surface area (TPSA) is 57.0 Å². The highest BCUT2D eigenvalue weighted by atomic mass is 35.5. The van der Waals surface area contributed by atoms with Crippen LogP contribution in [0.1, 0.15) is 42.5 Å². The Kier molecular flexibility index (Phi) is 4.52. The lowest BCUT2D eigenvalue weighted by Crippen LogP contribution is -2.49. The zero-order valence-electron chi connectivity index (χ0n) is 11.2. The van der Waals surface area contributed by atoms with Gasteiger partial charge >= 0.3 is 0 Å². The maximum Gasteiger partial charge on any atom is 0.256 e. The second-order valence-corrected chi connectivity index (χ2v) is 5.83. The molecule has 6 heteroatoms. The standard InChI is InChI=1S/C14H15Cl2N3O/c1-19(14(9-17)5-3-2-4-6-14)13(20)10-7-11(15)12(16)18-8-10/h7-8H,2-6H2,1H3. The second kappa shape index (κ2) is 5.99. The van der Waals surface area contributed by atoms with Crippen LogP contribution in [0, 0.1) is 11.3 Å². The molecule has 0 bridgehead atoms. The van der Waals surface area contributed by atoms with Crippen LogP contribution in [0.2, 0.25) is 10.2 Å². The van der Waals surface area contributed by atoms with Gasteiger partial charge in [-0.15, -0.1) is 0 Å². The van der Waals surface area contributed by atoms with Crippen LogP contribution in [0.4, 0.5) is 0 Å². The lowest BCUT2D eigenvalue weighted by atomic mass is 9.81. The lowest BCUT2D eigenvalue weighted by molar-refractivity contribution is 0.0588. The van der Waals surface area contributed by atoms with Crippen LogP contribution in [-0.4, -0.2) is 28.4 Å². The number of carbonyl (C=O) groups excluding carboxylic acids is 1. The van der Waals surface area contributed by atoms with Crippen molar-refractivity contribution in [3.8, 4) is 6.07 Å². The van der Waals surface area contributed by atoms with E-state index in [1.807, 2.05) is 0 Å². The molecule has 0 N–H and O–H groups in total. The van der Waals surface area contributed by atoms with E-state index >= 15 is 0 Å². The van der Waals surface area contributed by atoms with Crippen LogP contribution in [0.5, 0.6) is 0 Å². The van der Waals surface area contributed by atoms with Gasteiger partial charge in [-0.25, -0.2) is 4.98 Å². The van der Waals surface area contributed by atoms with Gasteiger partial charge in [0, 0.05) is 13.2 Å². The molecule has 1 fully saturated rings. The largest absolute Gasteiger partial charge is 0.323 e. The third-order valence-corrected chi connectivity index (χ3v) is 4.56. The van der Waals surface area contributed by atoms with Crippen molar-refractivity contribution >= 4 is 29.1 Å². The summed E-state index contributed by atoms with van der Waals surface area (Å²) in [5.41, 5.74) is -0.372. The van der Waals surface area contributed by atoms with E-state index in [0.717, 1.165) is 19.3 Å². The van der Waals surface area contributed by atoms with Crippen molar-refractivity contribution in [2.45, 2.75) is 37.6 Å². The van der Waals surface area contributed by atoms with Gasteiger partial charge in [-0.05, 0) is 18.9 Å². The Morgan fingerprint density at radius 1 is 1.40 bits per heavy atom. The molecular formula is C14H15Cl2N3O. The second-order valence-electron chi connectivity index (χ2n) is 5.06. The zero-order chi connectivity index (χ0) is 14.8. The fourth-order valence-electron chi connectivity index (χ4n) is 2.59. The Hall–Kier alpha value is -1.31. The van der Waals surface area contributed by atoms with Gasteiger partial charge < -0.3 is 4.90 Å². The normalized spacial score (nSPS) is 17.3. The van der Waals surface area contributed by atoms with E-state index in [2.05, 4.69) is 11.1 Å². The Morgan fingerprint density at radius 2 is 2.05 bits per heavy atom. The molecule has 1 aliphatic carbocycles. The van der Waals surface area contributed by atoms with Gasteiger partial charge in [-0.2, -0.15) is 5.26 Å². The molecule has 0 radical (unpaired) electrons. The summed E-state index contributed by atoms with van der Waals surface area (Å²) in [6, 6.07) is 3.81. The van der Waals surface area contributed by atoms with Crippen molar-refractivity contribution < 1.29 is 4.79 Å². The van der Waals surface area contributed by atoms with E-state index in [-0.39, 0.29) is 16.1 Å². The van der Waals surface area contributed by atoms with Gasteiger partial charge in [0.25, 0.3) is 5.91 Å². The number of hydrogen-bond acceptors (Lipinski definition) is 3. The molecule has 1 heterocycles. The average Bonchev–Trinajstić information content (AvgIpc) is 2.49. The number of hydrogen-bond donors (Lipinski definition) is 0. The first-order valence-corrected chi connectivity index (χ1v) is 7.26. The number of nitrogens with zero attached hydrogens (tertiary/aromatic N) is 3. The van der Waals surface area contributed by atoms with Crippen molar-refractivity contribution in [1.82, 2.24) is 9.88 Å². The fourth-order valence-corrected chi connectivity index (χ4v) is 2.85. The molecule has 20 heavy (non-hydrogen) atoms.